The number of thioether (sulfide) groups is 1. The van der Waals surface area contributed by atoms with Crippen molar-refractivity contribution in [1.29, 1.82) is 0 Å². The maximum atomic E-state index is 12.7. The molecule has 2 aromatic rings. The van der Waals surface area contributed by atoms with Crippen molar-refractivity contribution in [2.45, 2.75) is 41.2 Å². The summed E-state index contributed by atoms with van der Waals surface area (Å²) in [6.07, 6.45) is 1.58. The first-order valence-corrected chi connectivity index (χ1v) is 10.5. The van der Waals surface area contributed by atoms with E-state index in [0.717, 1.165) is 17.7 Å². The van der Waals surface area contributed by atoms with Gasteiger partial charge in [-0.1, -0.05) is 23.4 Å². The molecular formula is C17H22N2O4S2. The molecule has 1 aliphatic heterocycles. The summed E-state index contributed by atoms with van der Waals surface area (Å²) >= 11 is 1.71. The Morgan fingerprint density at radius 2 is 1.88 bits per heavy atom. The molecule has 8 heteroatoms. The van der Waals surface area contributed by atoms with E-state index in [1.807, 2.05) is 30.3 Å². The maximum absolute atomic E-state index is 12.7. The molecule has 0 atom stereocenters. The highest BCUT2D eigenvalue weighted by Crippen LogP contribution is 2.40. The fourth-order valence-corrected chi connectivity index (χ4v) is 5.81. The fourth-order valence-electron chi connectivity index (χ4n) is 2.95. The van der Waals surface area contributed by atoms with Gasteiger partial charge in [0.05, 0.1) is 0 Å². The van der Waals surface area contributed by atoms with Crippen LogP contribution in [0.25, 0.3) is 0 Å². The van der Waals surface area contributed by atoms with E-state index < -0.39 is 10.0 Å². The zero-order valence-corrected chi connectivity index (χ0v) is 16.0. The number of ether oxygens (including phenoxy) is 1. The lowest BCUT2D eigenvalue weighted by atomic mass is 9.99. The summed E-state index contributed by atoms with van der Waals surface area (Å²) in [5.74, 6) is 0.307. The third kappa shape index (κ3) is 4.25. The fraction of sp³-hybridized carbons (Fsp3) is 0.471. The number of hydrogen-bond acceptors (Lipinski definition) is 6. The Kier molecular flexibility index (Phi) is 5.52. The molecule has 0 radical (unpaired) electrons. The summed E-state index contributed by atoms with van der Waals surface area (Å²) in [7, 11) is -3.67. The van der Waals surface area contributed by atoms with E-state index in [-0.39, 0.29) is 9.64 Å². The molecule has 1 aromatic heterocycles. The minimum absolute atomic E-state index is 0.138. The monoisotopic (exact) mass is 382 g/mol. The molecule has 0 amide bonds. The van der Waals surface area contributed by atoms with Crippen molar-refractivity contribution in [2.24, 2.45) is 0 Å². The van der Waals surface area contributed by atoms with Crippen molar-refractivity contribution in [2.75, 3.05) is 19.8 Å². The summed E-state index contributed by atoms with van der Waals surface area (Å²) in [4.78, 5) is 1.26. The van der Waals surface area contributed by atoms with Crippen LogP contribution in [-0.4, -0.2) is 38.1 Å². The van der Waals surface area contributed by atoms with Crippen LogP contribution in [0.5, 0.6) is 0 Å². The van der Waals surface area contributed by atoms with Crippen LogP contribution < -0.4 is 4.72 Å². The maximum Gasteiger partial charge on any atom is 0.246 e. The van der Waals surface area contributed by atoms with Gasteiger partial charge in [0.2, 0.25) is 10.0 Å². The number of rotatable bonds is 6. The smallest absolute Gasteiger partial charge is 0.246 e. The van der Waals surface area contributed by atoms with E-state index in [2.05, 4.69) is 9.88 Å². The van der Waals surface area contributed by atoms with Gasteiger partial charge < -0.3 is 9.26 Å². The van der Waals surface area contributed by atoms with Crippen molar-refractivity contribution in [3.63, 3.8) is 0 Å². The molecule has 0 saturated carbocycles. The Bertz CT molecular complexity index is 793. The number of nitrogens with zero attached hydrogens (tertiary/aromatic N) is 1. The number of aryl methyl sites for hydroxylation is 2. The average Bonchev–Trinajstić information content (AvgIpc) is 2.94. The van der Waals surface area contributed by atoms with E-state index in [1.54, 1.807) is 25.6 Å². The largest absolute Gasteiger partial charge is 0.381 e. The molecule has 25 heavy (non-hydrogen) atoms. The Hall–Kier alpha value is -1.35. The van der Waals surface area contributed by atoms with Crippen molar-refractivity contribution in [3.8, 4) is 0 Å². The molecule has 1 aliphatic rings. The third-order valence-electron chi connectivity index (χ3n) is 4.30. The van der Waals surface area contributed by atoms with Crippen LogP contribution in [0.4, 0.5) is 0 Å². The molecule has 3 rings (SSSR count). The highest BCUT2D eigenvalue weighted by molar-refractivity contribution is 8.00. The lowest BCUT2D eigenvalue weighted by molar-refractivity contribution is 0.0784. The van der Waals surface area contributed by atoms with Crippen LogP contribution >= 0.6 is 11.8 Å². The van der Waals surface area contributed by atoms with Crippen LogP contribution in [0.15, 0.2) is 44.6 Å². The van der Waals surface area contributed by atoms with Crippen LogP contribution in [0.2, 0.25) is 0 Å². The average molecular weight is 383 g/mol. The lowest BCUT2D eigenvalue weighted by Gasteiger charge is -2.36. The molecule has 1 saturated heterocycles. The normalized spacial score (nSPS) is 17.5. The minimum atomic E-state index is -3.67. The summed E-state index contributed by atoms with van der Waals surface area (Å²) in [6.45, 7) is 4.84. The van der Waals surface area contributed by atoms with Crippen molar-refractivity contribution < 1.29 is 17.7 Å². The number of benzene rings is 1. The highest BCUT2D eigenvalue weighted by atomic mass is 32.2. The van der Waals surface area contributed by atoms with E-state index in [4.69, 9.17) is 9.26 Å². The first-order chi connectivity index (χ1) is 11.9. The lowest BCUT2D eigenvalue weighted by Crippen LogP contribution is -2.44. The molecule has 0 unspecified atom stereocenters. The summed E-state index contributed by atoms with van der Waals surface area (Å²) in [5.41, 5.74) is 0.377. The van der Waals surface area contributed by atoms with Crippen LogP contribution in [0.1, 0.15) is 24.3 Å². The van der Waals surface area contributed by atoms with Gasteiger partial charge in [-0.25, -0.2) is 13.1 Å². The summed E-state index contributed by atoms with van der Waals surface area (Å²) in [6, 6.07) is 10.0. The Morgan fingerprint density at radius 1 is 1.20 bits per heavy atom. The molecule has 0 aliphatic carbocycles. The van der Waals surface area contributed by atoms with Crippen molar-refractivity contribution in [1.82, 2.24) is 9.88 Å². The van der Waals surface area contributed by atoms with Crippen LogP contribution in [0, 0.1) is 13.8 Å². The number of hydrogen-bond donors (Lipinski definition) is 1. The molecule has 1 aromatic carbocycles. The van der Waals surface area contributed by atoms with E-state index >= 15 is 0 Å². The van der Waals surface area contributed by atoms with Crippen molar-refractivity contribution in [3.05, 3.63) is 41.8 Å². The van der Waals surface area contributed by atoms with Gasteiger partial charge in [0.25, 0.3) is 0 Å². The topological polar surface area (TPSA) is 81.4 Å². The second-order valence-electron chi connectivity index (χ2n) is 6.19. The first-order valence-electron chi connectivity index (χ1n) is 8.16. The van der Waals surface area contributed by atoms with E-state index in [1.165, 1.54) is 0 Å². The number of aromatic nitrogens is 1. The van der Waals surface area contributed by atoms with Gasteiger partial charge in [-0.15, -0.1) is 11.8 Å². The molecule has 136 valence electrons. The Labute approximate surface area is 152 Å². The molecule has 0 spiro atoms. The quantitative estimate of drug-likeness (QED) is 0.827. The molecule has 0 bridgehead atoms. The second-order valence-corrected chi connectivity index (χ2v) is 9.43. The van der Waals surface area contributed by atoms with E-state index in [0.29, 0.717) is 31.2 Å². The zero-order chi connectivity index (χ0) is 17.9. The van der Waals surface area contributed by atoms with E-state index in [9.17, 15) is 8.42 Å². The van der Waals surface area contributed by atoms with Gasteiger partial charge in [-0.3, -0.25) is 0 Å². The molecule has 1 N–H and O–H groups in total. The van der Waals surface area contributed by atoms with Crippen LogP contribution in [-0.2, 0) is 14.8 Å². The molecular weight excluding hydrogens is 360 g/mol. The van der Waals surface area contributed by atoms with Gasteiger partial charge in [0.1, 0.15) is 10.6 Å². The number of nitrogens with one attached hydrogen (secondary N) is 1. The third-order valence-corrected chi connectivity index (χ3v) is 7.44. The van der Waals surface area contributed by atoms with Gasteiger partial charge in [0.15, 0.2) is 5.76 Å². The van der Waals surface area contributed by atoms with Crippen LogP contribution in [0.3, 0.4) is 0 Å². The van der Waals surface area contributed by atoms with Gasteiger partial charge in [-0.2, -0.15) is 0 Å². The SMILES string of the molecule is Cc1noc(C)c1S(=O)(=O)NCC1(Sc2ccccc2)CCOCC1. The highest BCUT2D eigenvalue weighted by Gasteiger charge is 2.36. The predicted octanol–water partition coefficient (Wildman–Crippen LogP) is 2.91. The Balaban J connectivity index is 1.79. The van der Waals surface area contributed by atoms with Gasteiger partial charge >= 0.3 is 0 Å². The Morgan fingerprint density at radius 3 is 2.48 bits per heavy atom. The van der Waals surface area contributed by atoms with Crippen molar-refractivity contribution >= 4 is 21.8 Å². The minimum Gasteiger partial charge on any atom is -0.381 e. The summed E-state index contributed by atoms with van der Waals surface area (Å²) in [5, 5.41) is 3.74. The number of sulfonamides is 1. The molecule has 2 heterocycles. The zero-order valence-electron chi connectivity index (χ0n) is 14.3. The molecule has 1 fully saturated rings. The van der Waals surface area contributed by atoms with Gasteiger partial charge in [-0.05, 0) is 38.8 Å². The standard InChI is InChI=1S/C17H22N2O4S2/c1-13-16(14(2)23-19-13)25(20,21)18-12-17(8-10-22-11-9-17)24-15-6-4-3-5-7-15/h3-7,18H,8-12H2,1-2H3. The first kappa shape index (κ1) is 18.4. The summed E-state index contributed by atoms with van der Waals surface area (Å²) < 4.78 is 38.5. The second kappa shape index (κ2) is 7.49. The predicted molar refractivity (Wildman–Crippen MR) is 96.2 cm³/mol. The van der Waals surface area contributed by atoms with Gasteiger partial charge in [0, 0.05) is 29.4 Å². The molecule has 6 nitrogen and oxygen atoms in total.